The van der Waals surface area contributed by atoms with Crippen molar-refractivity contribution in [1.29, 1.82) is 0 Å². The van der Waals surface area contributed by atoms with Crippen LogP contribution in [0.2, 0.25) is 0 Å². The first-order chi connectivity index (χ1) is 8.38. The van der Waals surface area contributed by atoms with Gasteiger partial charge in [0, 0.05) is 6.04 Å². The Bertz CT molecular complexity index is 401. The molecule has 1 aliphatic heterocycles. The topological polar surface area (TPSA) is 30.5 Å². The van der Waals surface area contributed by atoms with Crippen LogP contribution < -0.4 is 14.8 Å². The number of rotatable bonds is 4. The van der Waals surface area contributed by atoms with Crippen molar-refractivity contribution >= 4 is 0 Å². The highest BCUT2D eigenvalue weighted by molar-refractivity contribution is 5.45. The Morgan fingerprint density at radius 1 is 1.24 bits per heavy atom. The lowest BCUT2D eigenvalue weighted by atomic mass is 10.0. The molecule has 1 unspecified atom stereocenters. The van der Waals surface area contributed by atoms with Gasteiger partial charge in [0.05, 0.1) is 0 Å². The Balaban J connectivity index is 1.85. The number of ether oxygens (including phenoxy) is 2. The van der Waals surface area contributed by atoms with Crippen molar-refractivity contribution in [2.45, 2.75) is 25.8 Å². The van der Waals surface area contributed by atoms with Crippen LogP contribution in [0.3, 0.4) is 0 Å². The molecule has 1 atom stereocenters. The summed E-state index contributed by atoms with van der Waals surface area (Å²) in [5.74, 6) is 2.58. The Labute approximate surface area is 102 Å². The SMILES string of the molecule is CCNC(c1ccc2c(c1)OCCO2)C1CC1. The van der Waals surface area contributed by atoms with Crippen LogP contribution in [0.5, 0.6) is 11.5 Å². The maximum absolute atomic E-state index is 5.64. The maximum Gasteiger partial charge on any atom is 0.161 e. The molecule has 0 amide bonds. The van der Waals surface area contributed by atoms with E-state index in [0.29, 0.717) is 19.3 Å². The summed E-state index contributed by atoms with van der Waals surface area (Å²) in [6.07, 6.45) is 2.68. The van der Waals surface area contributed by atoms with Gasteiger partial charge >= 0.3 is 0 Å². The number of benzene rings is 1. The van der Waals surface area contributed by atoms with Gasteiger partial charge in [-0.3, -0.25) is 0 Å². The van der Waals surface area contributed by atoms with Crippen LogP contribution in [0.1, 0.15) is 31.4 Å². The number of hydrogen-bond acceptors (Lipinski definition) is 3. The minimum atomic E-state index is 0.482. The lowest BCUT2D eigenvalue weighted by molar-refractivity contribution is 0.171. The standard InChI is InChI=1S/C14H19NO2/c1-2-15-14(10-3-4-10)11-5-6-12-13(9-11)17-8-7-16-12/h5-6,9-10,14-15H,2-4,7-8H2,1H3. The molecule has 0 radical (unpaired) electrons. The highest BCUT2D eigenvalue weighted by atomic mass is 16.6. The van der Waals surface area contributed by atoms with Gasteiger partial charge in [0.1, 0.15) is 13.2 Å². The van der Waals surface area contributed by atoms with E-state index in [9.17, 15) is 0 Å². The molecular weight excluding hydrogens is 214 g/mol. The van der Waals surface area contributed by atoms with Crippen molar-refractivity contribution in [2.24, 2.45) is 5.92 Å². The van der Waals surface area contributed by atoms with E-state index < -0.39 is 0 Å². The van der Waals surface area contributed by atoms with Crippen molar-refractivity contribution in [2.75, 3.05) is 19.8 Å². The Hall–Kier alpha value is -1.22. The van der Waals surface area contributed by atoms with Crippen molar-refractivity contribution in [3.63, 3.8) is 0 Å². The van der Waals surface area contributed by atoms with Crippen molar-refractivity contribution < 1.29 is 9.47 Å². The summed E-state index contributed by atoms with van der Waals surface area (Å²) in [4.78, 5) is 0. The zero-order valence-corrected chi connectivity index (χ0v) is 10.2. The van der Waals surface area contributed by atoms with Crippen LogP contribution in [0.15, 0.2) is 18.2 Å². The van der Waals surface area contributed by atoms with E-state index in [1.54, 1.807) is 0 Å². The van der Waals surface area contributed by atoms with Gasteiger partial charge in [-0.15, -0.1) is 0 Å². The summed E-state index contributed by atoms with van der Waals surface area (Å²) < 4.78 is 11.2. The monoisotopic (exact) mass is 233 g/mol. The van der Waals surface area contributed by atoms with E-state index in [1.807, 2.05) is 6.07 Å². The smallest absolute Gasteiger partial charge is 0.161 e. The number of nitrogens with one attached hydrogen (secondary N) is 1. The molecule has 0 bridgehead atoms. The number of hydrogen-bond donors (Lipinski definition) is 1. The van der Waals surface area contributed by atoms with Crippen LogP contribution in [0, 0.1) is 5.92 Å². The molecule has 3 rings (SSSR count). The van der Waals surface area contributed by atoms with E-state index in [4.69, 9.17) is 9.47 Å². The van der Waals surface area contributed by atoms with E-state index in [1.165, 1.54) is 18.4 Å². The van der Waals surface area contributed by atoms with Crippen LogP contribution in [0.25, 0.3) is 0 Å². The minimum absolute atomic E-state index is 0.482. The third-order valence-corrected chi connectivity index (χ3v) is 3.44. The summed E-state index contributed by atoms with van der Waals surface area (Å²) in [6, 6.07) is 6.83. The fourth-order valence-corrected chi connectivity index (χ4v) is 2.46. The molecule has 1 aromatic carbocycles. The minimum Gasteiger partial charge on any atom is -0.486 e. The third-order valence-electron chi connectivity index (χ3n) is 3.44. The summed E-state index contributed by atoms with van der Waals surface area (Å²) in [6.45, 7) is 4.49. The zero-order chi connectivity index (χ0) is 11.7. The summed E-state index contributed by atoms with van der Waals surface area (Å²) in [5.41, 5.74) is 1.33. The molecule has 0 spiro atoms. The van der Waals surface area contributed by atoms with Crippen LogP contribution in [-0.4, -0.2) is 19.8 Å². The Morgan fingerprint density at radius 2 is 2.00 bits per heavy atom. The molecule has 0 saturated heterocycles. The van der Waals surface area contributed by atoms with Gasteiger partial charge in [-0.2, -0.15) is 0 Å². The zero-order valence-electron chi connectivity index (χ0n) is 10.2. The fourth-order valence-electron chi connectivity index (χ4n) is 2.46. The van der Waals surface area contributed by atoms with E-state index in [-0.39, 0.29) is 0 Å². The van der Waals surface area contributed by atoms with E-state index >= 15 is 0 Å². The second kappa shape index (κ2) is 4.57. The molecule has 92 valence electrons. The largest absolute Gasteiger partial charge is 0.486 e. The molecular formula is C14H19NO2. The van der Waals surface area contributed by atoms with Crippen LogP contribution >= 0.6 is 0 Å². The molecule has 3 heteroatoms. The summed E-state index contributed by atoms with van der Waals surface area (Å²) in [7, 11) is 0. The van der Waals surface area contributed by atoms with Gasteiger partial charge in [0.25, 0.3) is 0 Å². The van der Waals surface area contributed by atoms with Gasteiger partial charge in [0.15, 0.2) is 11.5 Å². The maximum atomic E-state index is 5.64. The van der Waals surface area contributed by atoms with Crippen molar-refractivity contribution in [3.05, 3.63) is 23.8 Å². The molecule has 3 nitrogen and oxygen atoms in total. The van der Waals surface area contributed by atoms with E-state index in [2.05, 4.69) is 24.4 Å². The van der Waals surface area contributed by atoms with Gasteiger partial charge < -0.3 is 14.8 Å². The quantitative estimate of drug-likeness (QED) is 0.866. The predicted molar refractivity (Wildman–Crippen MR) is 66.6 cm³/mol. The summed E-state index contributed by atoms with van der Waals surface area (Å²) in [5, 5.41) is 3.57. The Kier molecular flexibility index (Phi) is 2.93. The first-order valence-corrected chi connectivity index (χ1v) is 6.51. The Morgan fingerprint density at radius 3 is 2.71 bits per heavy atom. The highest BCUT2D eigenvalue weighted by Gasteiger charge is 2.32. The molecule has 17 heavy (non-hydrogen) atoms. The van der Waals surface area contributed by atoms with Crippen molar-refractivity contribution in [3.8, 4) is 11.5 Å². The number of fused-ring (bicyclic) bond motifs is 1. The van der Waals surface area contributed by atoms with Crippen molar-refractivity contribution in [1.82, 2.24) is 5.32 Å². The lowest BCUT2D eigenvalue weighted by Crippen LogP contribution is -2.23. The second-order valence-electron chi connectivity index (χ2n) is 4.78. The average Bonchev–Trinajstić information content (AvgIpc) is 3.20. The fraction of sp³-hybridized carbons (Fsp3) is 0.571. The van der Waals surface area contributed by atoms with Gasteiger partial charge in [-0.25, -0.2) is 0 Å². The molecule has 1 fully saturated rings. The first kappa shape index (κ1) is 10.9. The molecule has 1 N–H and O–H groups in total. The summed E-state index contributed by atoms with van der Waals surface area (Å²) >= 11 is 0. The van der Waals surface area contributed by atoms with Gasteiger partial charge in [-0.1, -0.05) is 13.0 Å². The highest BCUT2D eigenvalue weighted by Crippen LogP contribution is 2.43. The second-order valence-corrected chi connectivity index (χ2v) is 4.78. The molecule has 1 saturated carbocycles. The molecule has 0 aromatic heterocycles. The lowest BCUT2D eigenvalue weighted by Gasteiger charge is -2.22. The molecule has 1 aromatic rings. The predicted octanol–water partition coefficient (Wildman–Crippen LogP) is 2.52. The van der Waals surface area contributed by atoms with Gasteiger partial charge in [0.2, 0.25) is 0 Å². The average molecular weight is 233 g/mol. The van der Waals surface area contributed by atoms with E-state index in [0.717, 1.165) is 24.0 Å². The van der Waals surface area contributed by atoms with Gasteiger partial charge in [-0.05, 0) is 43.0 Å². The first-order valence-electron chi connectivity index (χ1n) is 6.51. The normalized spacial score (nSPS) is 20.1. The molecule has 1 heterocycles. The van der Waals surface area contributed by atoms with Crippen LogP contribution in [0.4, 0.5) is 0 Å². The third kappa shape index (κ3) is 2.25. The van der Waals surface area contributed by atoms with Crippen LogP contribution in [-0.2, 0) is 0 Å². The molecule has 1 aliphatic carbocycles. The molecule has 2 aliphatic rings.